The molecule has 0 spiro atoms. The Bertz CT molecular complexity index is 959. The van der Waals surface area contributed by atoms with E-state index in [2.05, 4.69) is 27.9 Å². The lowest BCUT2D eigenvalue weighted by Crippen LogP contribution is -2.36. The Kier molecular flexibility index (Phi) is 4.83. The van der Waals surface area contributed by atoms with Gasteiger partial charge in [0.1, 0.15) is 0 Å². The second-order valence-electron chi connectivity index (χ2n) is 7.08. The predicted octanol–water partition coefficient (Wildman–Crippen LogP) is 3.94. The molecule has 0 amide bonds. The molecule has 1 N–H and O–H groups in total. The van der Waals surface area contributed by atoms with Gasteiger partial charge in [-0.05, 0) is 37.1 Å². The van der Waals surface area contributed by atoms with Gasteiger partial charge >= 0.3 is 0 Å². The molecule has 1 aliphatic carbocycles. The zero-order valence-electron chi connectivity index (χ0n) is 16.7. The summed E-state index contributed by atoms with van der Waals surface area (Å²) < 4.78 is 23.6. The highest BCUT2D eigenvalue weighted by Gasteiger charge is 2.41. The fourth-order valence-corrected chi connectivity index (χ4v) is 5.17. The average Bonchev–Trinajstić information content (AvgIpc) is 2.71. The van der Waals surface area contributed by atoms with Crippen molar-refractivity contribution in [1.82, 2.24) is 4.90 Å². The first kappa shape index (κ1) is 19.2. The highest BCUT2D eigenvalue weighted by molar-refractivity contribution is 9.10. The molecule has 28 heavy (non-hydrogen) atoms. The van der Waals surface area contributed by atoms with Crippen LogP contribution >= 0.6 is 15.9 Å². The van der Waals surface area contributed by atoms with Crippen molar-refractivity contribution in [3.63, 3.8) is 0 Å². The molecular formula is C21H24BrNO5. The number of ether oxygens (including phenoxy) is 4. The van der Waals surface area contributed by atoms with Gasteiger partial charge in [0.15, 0.2) is 23.0 Å². The number of benzene rings is 2. The number of halogens is 1. The highest BCUT2D eigenvalue weighted by Crippen LogP contribution is 2.60. The molecule has 150 valence electrons. The molecule has 7 heteroatoms. The van der Waals surface area contributed by atoms with Gasteiger partial charge in [-0.2, -0.15) is 0 Å². The van der Waals surface area contributed by atoms with Gasteiger partial charge in [0.2, 0.25) is 5.75 Å². The molecule has 2 aromatic rings. The number of hydrogen-bond acceptors (Lipinski definition) is 6. The van der Waals surface area contributed by atoms with Crippen LogP contribution in [0.25, 0.3) is 11.1 Å². The molecule has 4 rings (SSSR count). The van der Waals surface area contributed by atoms with Gasteiger partial charge in [0, 0.05) is 33.7 Å². The monoisotopic (exact) mass is 449 g/mol. The zero-order valence-corrected chi connectivity index (χ0v) is 18.3. The van der Waals surface area contributed by atoms with E-state index < -0.39 is 0 Å². The van der Waals surface area contributed by atoms with Crippen LogP contribution in [-0.2, 0) is 12.8 Å². The highest BCUT2D eigenvalue weighted by atomic mass is 79.9. The third-order valence-electron chi connectivity index (χ3n) is 5.89. The van der Waals surface area contributed by atoms with Crippen LogP contribution in [0.2, 0.25) is 0 Å². The van der Waals surface area contributed by atoms with Crippen molar-refractivity contribution in [1.29, 1.82) is 0 Å². The van der Waals surface area contributed by atoms with Crippen molar-refractivity contribution in [2.75, 3.05) is 42.0 Å². The Morgan fingerprint density at radius 1 is 0.964 bits per heavy atom. The Labute approximate surface area is 173 Å². The van der Waals surface area contributed by atoms with E-state index in [4.69, 9.17) is 18.9 Å². The van der Waals surface area contributed by atoms with Gasteiger partial charge in [0.25, 0.3) is 0 Å². The van der Waals surface area contributed by atoms with Crippen LogP contribution in [-0.4, -0.2) is 52.0 Å². The smallest absolute Gasteiger partial charge is 0.204 e. The summed E-state index contributed by atoms with van der Waals surface area (Å²) in [5, 5.41) is 11.1. The van der Waals surface area contributed by atoms with Crippen LogP contribution in [0.1, 0.15) is 22.7 Å². The molecule has 1 aliphatic heterocycles. The summed E-state index contributed by atoms with van der Waals surface area (Å²) in [7, 11) is 8.55. The Morgan fingerprint density at radius 2 is 1.64 bits per heavy atom. The molecule has 0 unspecified atom stereocenters. The van der Waals surface area contributed by atoms with Gasteiger partial charge in [-0.3, -0.25) is 4.90 Å². The number of nitrogens with zero attached hydrogens (tertiary/aromatic N) is 1. The van der Waals surface area contributed by atoms with Crippen molar-refractivity contribution in [3.05, 3.63) is 27.2 Å². The molecular weight excluding hydrogens is 426 g/mol. The lowest BCUT2D eigenvalue weighted by atomic mass is 9.75. The number of phenolic OH excluding ortho intramolecular Hbond substituents is 1. The summed E-state index contributed by atoms with van der Waals surface area (Å²) in [4.78, 5) is 2.34. The van der Waals surface area contributed by atoms with E-state index in [1.165, 1.54) is 0 Å². The molecule has 1 atom stereocenters. The van der Waals surface area contributed by atoms with E-state index >= 15 is 0 Å². The van der Waals surface area contributed by atoms with Crippen LogP contribution in [0.5, 0.6) is 28.7 Å². The minimum Gasteiger partial charge on any atom is -0.504 e. The molecule has 0 bridgehead atoms. The van der Waals surface area contributed by atoms with Gasteiger partial charge < -0.3 is 24.1 Å². The summed E-state index contributed by atoms with van der Waals surface area (Å²) in [6.45, 7) is 0.915. The second-order valence-corrected chi connectivity index (χ2v) is 7.93. The molecule has 0 radical (unpaired) electrons. The Morgan fingerprint density at radius 3 is 2.25 bits per heavy atom. The van der Waals surface area contributed by atoms with E-state index in [1.54, 1.807) is 28.4 Å². The fraction of sp³-hybridized carbons (Fsp3) is 0.429. The summed E-state index contributed by atoms with van der Waals surface area (Å²) in [5.41, 5.74) is 4.85. The van der Waals surface area contributed by atoms with Crippen molar-refractivity contribution >= 4 is 15.9 Å². The summed E-state index contributed by atoms with van der Waals surface area (Å²) in [6, 6.07) is 1.97. The Hall–Kier alpha value is -2.12. The van der Waals surface area contributed by atoms with Crippen LogP contribution < -0.4 is 18.9 Å². The zero-order chi connectivity index (χ0) is 20.2. The third-order valence-corrected chi connectivity index (χ3v) is 6.59. The quantitative estimate of drug-likeness (QED) is 0.762. The van der Waals surface area contributed by atoms with E-state index in [9.17, 15) is 5.11 Å². The maximum Gasteiger partial charge on any atom is 0.204 e. The number of aromatic hydroxyl groups is 1. The first-order chi connectivity index (χ1) is 13.5. The summed E-state index contributed by atoms with van der Waals surface area (Å²) in [5.74, 6) is 2.35. The largest absolute Gasteiger partial charge is 0.504 e. The van der Waals surface area contributed by atoms with Crippen molar-refractivity contribution in [2.45, 2.75) is 18.9 Å². The number of phenols is 1. The van der Waals surface area contributed by atoms with E-state index in [1.807, 2.05) is 6.07 Å². The van der Waals surface area contributed by atoms with E-state index in [0.717, 1.165) is 51.7 Å². The number of methoxy groups -OCH3 is 4. The molecule has 0 saturated heterocycles. The molecule has 0 aromatic heterocycles. The van der Waals surface area contributed by atoms with Crippen molar-refractivity contribution in [2.24, 2.45) is 0 Å². The molecule has 6 nitrogen and oxygen atoms in total. The maximum absolute atomic E-state index is 11.1. The maximum atomic E-state index is 11.1. The minimum atomic E-state index is 0.111. The molecule has 0 saturated carbocycles. The van der Waals surface area contributed by atoms with Crippen molar-refractivity contribution < 1.29 is 24.1 Å². The first-order valence-electron chi connectivity index (χ1n) is 9.12. The van der Waals surface area contributed by atoms with Crippen LogP contribution in [0.3, 0.4) is 0 Å². The molecule has 2 aromatic carbocycles. The number of likely N-dealkylation sites (N-methyl/N-ethyl adjacent to an activating group) is 1. The molecule has 0 fully saturated rings. The van der Waals surface area contributed by atoms with Crippen LogP contribution in [0, 0.1) is 0 Å². The lowest BCUT2D eigenvalue weighted by molar-refractivity contribution is 0.222. The van der Waals surface area contributed by atoms with Crippen molar-refractivity contribution in [3.8, 4) is 39.9 Å². The summed E-state index contributed by atoms with van der Waals surface area (Å²) in [6.07, 6.45) is 1.60. The fourth-order valence-electron chi connectivity index (χ4n) is 4.61. The lowest BCUT2D eigenvalue weighted by Gasteiger charge is -2.41. The molecule has 2 aliphatic rings. The van der Waals surface area contributed by atoms with Gasteiger partial charge in [-0.1, -0.05) is 15.9 Å². The minimum absolute atomic E-state index is 0.111. The number of fused-ring (bicyclic) bond motifs is 2. The van der Waals surface area contributed by atoms with Crippen LogP contribution in [0.15, 0.2) is 10.5 Å². The third kappa shape index (κ3) is 2.49. The Balaban J connectivity index is 2.19. The van der Waals surface area contributed by atoms with E-state index in [0.29, 0.717) is 23.0 Å². The second kappa shape index (κ2) is 7.04. The number of rotatable bonds is 4. The van der Waals surface area contributed by atoms with Gasteiger partial charge in [-0.25, -0.2) is 0 Å². The van der Waals surface area contributed by atoms with Crippen LogP contribution in [0.4, 0.5) is 0 Å². The van der Waals surface area contributed by atoms with Gasteiger partial charge in [0.05, 0.1) is 28.4 Å². The molecule has 1 heterocycles. The number of hydrogen-bond donors (Lipinski definition) is 1. The van der Waals surface area contributed by atoms with E-state index in [-0.39, 0.29) is 11.8 Å². The average molecular weight is 450 g/mol. The standard InChI is InChI=1S/C21H24BrNO5/c1-23-7-6-10-15-13(23)8-11-12(22)9-14(25-2)18(24)16(11)17(15)20(27-4)21(28-5)19(10)26-3/h9,13,24H,6-8H2,1-5H3/t13-/m0/s1. The normalized spacial score (nSPS) is 17.6. The predicted molar refractivity (Wildman–Crippen MR) is 110 cm³/mol. The van der Waals surface area contributed by atoms with Gasteiger partial charge in [-0.15, -0.1) is 0 Å². The topological polar surface area (TPSA) is 60.4 Å². The summed E-state index contributed by atoms with van der Waals surface area (Å²) >= 11 is 3.68. The first-order valence-corrected chi connectivity index (χ1v) is 9.91. The SMILES string of the molecule is COc1cc(Br)c2c(c1O)-c1c(OC)c(OC)c(OC)c3c1[C@H](C2)N(C)CC3.